The molecule has 6 heteroatoms. The van der Waals surface area contributed by atoms with Crippen LogP contribution in [0.2, 0.25) is 0 Å². The van der Waals surface area contributed by atoms with Gasteiger partial charge >= 0.3 is 0 Å². The summed E-state index contributed by atoms with van der Waals surface area (Å²) in [5.41, 5.74) is -15.3. The van der Waals surface area contributed by atoms with Crippen molar-refractivity contribution in [3.63, 3.8) is 0 Å². The lowest BCUT2D eigenvalue weighted by molar-refractivity contribution is -0.571. The van der Waals surface area contributed by atoms with Gasteiger partial charge in [-0.25, -0.2) is 4.98 Å². The topological polar surface area (TPSA) is 35.9 Å². The molecule has 1 aliphatic carbocycles. The van der Waals surface area contributed by atoms with Crippen molar-refractivity contribution >= 4 is 61.7 Å². The van der Waals surface area contributed by atoms with Crippen molar-refractivity contribution in [2.24, 2.45) is 0 Å². The summed E-state index contributed by atoms with van der Waals surface area (Å²) in [6.45, 7) is -11.9. The fourth-order valence-corrected chi connectivity index (χ4v) is 14.4. The first-order valence-electron chi connectivity index (χ1n) is 45.3. The van der Waals surface area contributed by atoms with E-state index in [1.54, 1.807) is 42.6 Å². The summed E-state index contributed by atoms with van der Waals surface area (Å²) in [7, 11) is -6.69. The van der Waals surface area contributed by atoms with Crippen molar-refractivity contribution < 1.29 is 61.4 Å². The lowest BCUT2D eigenvalue weighted by Crippen LogP contribution is -2.74. The van der Waals surface area contributed by atoms with E-state index in [1.807, 2.05) is 53.1 Å². The summed E-state index contributed by atoms with van der Waals surface area (Å²) in [6.07, 6.45) is -4.71. The van der Waals surface area contributed by atoms with Crippen LogP contribution in [0.4, 0.5) is 0 Å². The Bertz CT molecular complexity index is 6390. The predicted octanol–water partition coefficient (Wildman–Crippen LogP) is 16.3. The van der Waals surface area contributed by atoms with Crippen LogP contribution in [0.3, 0.4) is 0 Å². The molecule has 0 aliphatic heterocycles. The van der Waals surface area contributed by atoms with Gasteiger partial charge in [-0.3, -0.25) is 13.7 Å². The number of rotatable bonds is 11. The van der Waals surface area contributed by atoms with Gasteiger partial charge in [-0.1, -0.05) is 248 Å². The number of fused-ring (bicyclic) bond motifs is 5. The quantitative estimate of drug-likeness (QED) is 0.0560. The fraction of sp³-hybridized carbons (Fsp3) is 0.154. The monoisotopic (exact) mass is 1140 g/mol. The average Bonchev–Trinajstić information content (AvgIpc) is 0.746. The molecule has 410 valence electrons. The second-order valence-corrected chi connectivity index (χ2v) is 24.5. The van der Waals surface area contributed by atoms with E-state index in [9.17, 15) is 39.8 Å². The molecule has 0 atom stereocenters. The Hall–Kier alpha value is -9.36. The van der Waals surface area contributed by atoms with Crippen molar-refractivity contribution in [3.05, 3.63) is 283 Å². The van der Waals surface area contributed by atoms with Gasteiger partial charge in [-0.05, 0) is 137 Å². The predicted molar refractivity (Wildman–Crippen MR) is 351 cm³/mol. The molecular weight excluding hydrogens is 1040 g/mol. The highest BCUT2D eigenvalue weighted by molar-refractivity contribution is 7.19. The molecule has 3 heterocycles. The smallest absolute Gasteiger partial charge is 0.269 e. The second kappa shape index (κ2) is 20.5. The van der Waals surface area contributed by atoms with Crippen molar-refractivity contribution in [2.75, 3.05) is 0 Å². The van der Waals surface area contributed by atoms with Gasteiger partial charge in [0.15, 0.2) is 8.07 Å². The summed E-state index contributed by atoms with van der Waals surface area (Å²) >= 11 is 0. The Morgan fingerprint density at radius 2 is 1.17 bits per heavy atom. The van der Waals surface area contributed by atoms with E-state index in [-0.39, 0.29) is 27.9 Å². The third-order valence-corrected chi connectivity index (χ3v) is 18.8. The van der Waals surface area contributed by atoms with Gasteiger partial charge in [0.1, 0.15) is 17.3 Å². The maximum atomic E-state index is 11.0. The molecule has 0 bridgehead atoms. The molecule has 13 aromatic rings. The molecule has 0 amide bonds. The Morgan fingerprint density at radius 1 is 0.560 bits per heavy atom. The van der Waals surface area contributed by atoms with Crippen LogP contribution in [-0.2, 0) is 16.2 Å². The summed E-state index contributed by atoms with van der Waals surface area (Å²) in [4.78, 5) is 4.80. The zero-order chi connectivity index (χ0) is 90.1. The van der Waals surface area contributed by atoms with E-state index in [4.69, 9.17) is 22.1 Å². The molecule has 5 nitrogen and oxygen atoms in total. The zero-order valence-electron chi connectivity index (χ0n) is 82.8. The van der Waals surface area contributed by atoms with Gasteiger partial charge < -0.3 is 4.74 Å². The maximum absolute atomic E-state index is 11.0. The zero-order valence-corrected chi connectivity index (χ0v) is 45.8. The maximum Gasteiger partial charge on any atom is 0.269 e. The van der Waals surface area contributed by atoms with Crippen molar-refractivity contribution in [1.82, 2.24) is 14.1 Å². The molecule has 0 N–H and O–H groups in total. The van der Waals surface area contributed by atoms with Gasteiger partial charge in [-0.15, -0.1) is 0 Å². The van der Waals surface area contributed by atoms with E-state index < -0.39 is 252 Å². The summed E-state index contributed by atoms with van der Waals surface area (Å²) in [5.74, 6) is 1.06. The molecule has 0 fully saturated rings. The number of imidazole rings is 1. The molecule has 0 unspecified atom stereocenters. The van der Waals surface area contributed by atoms with E-state index in [1.165, 1.54) is 22.8 Å². The van der Waals surface area contributed by atoms with Crippen LogP contribution in [-0.4, -0.2) is 22.2 Å². The van der Waals surface area contributed by atoms with Gasteiger partial charge in [0.25, 0.3) is 6.33 Å². The largest absolute Gasteiger partial charge is 0.458 e. The van der Waals surface area contributed by atoms with Crippen LogP contribution in [0, 0.1) is 6.33 Å². The van der Waals surface area contributed by atoms with E-state index in [2.05, 4.69) is 27.1 Å². The first-order chi connectivity index (χ1) is 56.5. The minimum absolute atomic E-state index is 0.0904. The van der Waals surface area contributed by atoms with E-state index in [0.29, 0.717) is 17.1 Å². The molecule has 3 aromatic heterocycles. The van der Waals surface area contributed by atoms with E-state index >= 15 is 0 Å². The van der Waals surface area contributed by atoms with Crippen molar-refractivity contribution in [2.45, 2.75) is 77.2 Å². The van der Waals surface area contributed by atoms with Crippen molar-refractivity contribution in [3.8, 4) is 50.9 Å². The lowest BCUT2D eigenvalue weighted by atomic mass is 9.63. The number of ether oxygens (including phenoxy) is 1. The van der Waals surface area contributed by atoms with Crippen LogP contribution >= 0.6 is 0 Å². The molecule has 0 saturated carbocycles. The highest BCUT2D eigenvalue weighted by Gasteiger charge is 2.42. The average molecular weight is 1140 g/mol. The molecule has 0 radical (unpaired) electrons. The van der Waals surface area contributed by atoms with Gasteiger partial charge in [-0.2, -0.15) is 0 Å². The number of pyridine rings is 1. The van der Waals surface area contributed by atoms with Crippen LogP contribution < -0.4 is 30.1 Å². The molecule has 14 rings (SSSR count). The number of nitrogens with zero attached hydrogens (tertiary/aromatic N) is 4. The fourth-order valence-electron chi connectivity index (χ4n) is 10.8. The molecular formula is C78H68N4OSi. The molecule has 10 aromatic carbocycles. The Kier molecular flexibility index (Phi) is 6.26. The summed E-state index contributed by atoms with van der Waals surface area (Å²) < 4.78 is 372. The lowest BCUT2D eigenvalue weighted by Gasteiger charge is -2.42. The van der Waals surface area contributed by atoms with E-state index in [0.717, 1.165) is 44.6 Å². The Labute approximate surface area is 548 Å². The van der Waals surface area contributed by atoms with Crippen LogP contribution in [0.1, 0.15) is 130 Å². The molecule has 0 spiro atoms. The van der Waals surface area contributed by atoms with Gasteiger partial charge in [0.2, 0.25) is 0 Å². The van der Waals surface area contributed by atoms with Crippen molar-refractivity contribution in [1.29, 1.82) is 0 Å². The molecule has 0 saturated heterocycles. The number of hydrogen-bond donors (Lipinski definition) is 0. The molecule has 1 aliphatic rings. The minimum Gasteiger partial charge on any atom is -0.458 e. The first kappa shape index (κ1) is 25.6. The van der Waals surface area contributed by atoms with Crippen LogP contribution in [0.5, 0.6) is 11.5 Å². The number of benzene rings is 10. The third-order valence-electron chi connectivity index (χ3n) is 14.8. The van der Waals surface area contributed by atoms with Crippen LogP contribution in [0.25, 0.3) is 72.3 Å². The van der Waals surface area contributed by atoms with Gasteiger partial charge in [0.05, 0.1) is 63.6 Å². The SMILES string of the molecule is [2H]c1c([2H])c([2H])c([Si](c2c([2H])c([2H])c([2H])c([2H])c2[2H])(c2c([2H])c([2H])c([2H])c([2H])c2[2H])c2c([2H])c([2H])c([2H])c(-c3cccc(-c4c([2H])c([2H])c5c(c4[2H])C(C([2H])([2H])[2H])(C([2H])([2H])[2H])C([2H])([2H])C([2H])([2H])C5(C([2H])([2H])[2H])C([2H])([2H])[2H])c3-[n+]3[c-]n(-c4cccc(Oc5ccc6c7ccccc7n(-c7cc(C(C)(C)C)ccn7)c6c5)c4)c4ccccc43)c2[2H])c([2H])c1[2H]. The number of para-hydroxylation sites is 4. The minimum atomic E-state index is -6.69. The third kappa shape index (κ3) is 8.99. The summed E-state index contributed by atoms with van der Waals surface area (Å²) in [6, 6.07) is 2.40. The number of hydrogen-bond acceptors (Lipinski definition) is 2. The normalized spacial score (nSPS) is 22.3. The number of aromatic nitrogens is 4. The molecule has 84 heavy (non-hydrogen) atoms. The highest BCUT2D eigenvalue weighted by Crippen LogP contribution is 2.48. The van der Waals surface area contributed by atoms with Crippen LogP contribution in [0.15, 0.2) is 260 Å². The Morgan fingerprint density at radius 3 is 1.86 bits per heavy atom. The second-order valence-electron chi connectivity index (χ2n) is 21.0. The first-order valence-corrected chi connectivity index (χ1v) is 28.3. The highest BCUT2D eigenvalue weighted by atomic mass is 28.3. The standard InChI is InChI=1S/C78H68N4OSi/c1-76(2,3)56-44-47-79-74(50-56)82-70-37-18-17-34-66(70)67-42-41-59(52-73(67)82)83-58-26-22-25-57(51-58)80-53-81(72-39-20-19-38-71(72)80)75-64(35-23-36-65(75)55-40-43-68-69(49-55)78(6,7)46-45-77(68,4)5)54-24-21-33-63(48-54)84(60-27-11-8-12-28-60,61-29-13-9-14-30-61)62-31-15-10-16-32-62/h8-44,47-52H,45-46H2,1-7H3/i4D3,5D3,6D3,7D3,8D,9D,10D,11D,12D,13D,14D,15D,16D,21D,24D,27D,28D,29D,30D,31D,32D,33D,40D,43D,45D2,46D2,48D,49D. The Balaban J connectivity index is 1.17. The van der Waals surface area contributed by atoms with Gasteiger partial charge in [0, 0.05) is 45.0 Å². The summed E-state index contributed by atoms with van der Waals surface area (Å²) in [5, 5.41) is -3.28.